The van der Waals surface area contributed by atoms with Crippen molar-refractivity contribution >= 4 is 68.0 Å². The van der Waals surface area contributed by atoms with E-state index in [0.29, 0.717) is 45.0 Å². The number of imidazole rings is 1. The van der Waals surface area contributed by atoms with Crippen LogP contribution in [0.1, 0.15) is 40.5 Å². The van der Waals surface area contributed by atoms with Crippen LogP contribution in [0.4, 0.5) is 24.8 Å². The minimum atomic E-state index is -5.19. The molecule has 0 bridgehead atoms. The van der Waals surface area contributed by atoms with Crippen LogP contribution in [0.2, 0.25) is 5.15 Å². The molecule has 0 saturated heterocycles. The number of nitrogens with two attached hydrogens (primary N) is 2. The maximum atomic E-state index is 13.8. The minimum Gasteiger partial charge on any atom is -0.542 e. The van der Waals surface area contributed by atoms with Gasteiger partial charge in [-0.25, -0.2) is 19.1 Å². The summed E-state index contributed by atoms with van der Waals surface area (Å²) in [5.41, 5.74) is 13.5. The molecule has 0 aliphatic rings. The molecule has 2 heterocycles. The first-order valence-corrected chi connectivity index (χ1v) is 14.5. The van der Waals surface area contributed by atoms with E-state index in [1.54, 1.807) is 19.1 Å². The third-order valence-electron chi connectivity index (χ3n) is 6.28. The average molecular weight is 726 g/mol. The molecule has 0 spiro atoms. The highest BCUT2D eigenvalue weighted by molar-refractivity contribution is 9.10. The maximum Gasteiger partial charge on any atom is 0.430 e. The lowest BCUT2D eigenvalue weighted by molar-refractivity contribution is -0.676. The van der Waals surface area contributed by atoms with Crippen LogP contribution in [0, 0.1) is 0 Å². The highest BCUT2D eigenvalue weighted by Crippen LogP contribution is 2.26. The fourth-order valence-electron chi connectivity index (χ4n) is 4.28. The summed E-state index contributed by atoms with van der Waals surface area (Å²) in [6.45, 7) is 6.92. The second kappa shape index (κ2) is 16.5. The fraction of sp³-hybridized carbons (Fsp3) is 0.462. The number of ether oxygens (including phenoxy) is 2. The number of aromatic nitrogens is 4. The smallest absolute Gasteiger partial charge is 0.430 e. The third kappa shape index (κ3) is 9.38. The van der Waals surface area contributed by atoms with E-state index < -0.39 is 18.1 Å². The third-order valence-corrected chi connectivity index (χ3v) is 7.01. The lowest BCUT2D eigenvalue weighted by atomic mass is 10.1. The van der Waals surface area contributed by atoms with Crippen LogP contribution in [0.15, 0.2) is 16.6 Å². The Morgan fingerprint density at radius 3 is 2.18 bits per heavy atom. The summed E-state index contributed by atoms with van der Waals surface area (Å²) < 4.78 is 46.8. The molecule has 0 unspecified atom stereocenters. The molecule has 3 aromatic rings. The largest absolute Gasteiger partial charge is 0.542 e. The normalized spacial score (nSPS) is 11.2. The van der Waals surface area contributed by atoms with E-state index in [1.165, 1.54) is 0 Å². The summed E-state index contributed by atoms with van der Waals surface area (Å²) in [5, 5.41) is 11.5. The van der Waals surface area contributed by atoms with Gasteiger partial charge in [-0.05, 0) is 19.9 Å². The van der Waals surface area contributed by atoms with E-state index in [1.807, 2.05) is 30.5 Å². The molecule has 1 aromatic carbocycles. The minimum absolute atomic E-state index is 0.0523. The fourth-order valence-corrected chi connectivity index (χ4v) is 4.85. The highest BCUT2D eigenvalue weighted by atomic mass is 79.9. The van der Waals surface area contributed by atoms with Gasteiger partial charge in [0, 0.05) is 37.8 Å². The quantitative estimate of drug-likeness (QED) is 0.229. The zero-order valence-corrected chi connectivity index (χ0v) is 27.2. The monoisotopic (exact) mass is 724 g/mol. The van der Waals surface area contributed by atoms with Gasteiger partial charge in [-0.1, -0.05) is 27.5 Å². The number of anilines is 2. The van der Waals surface area contributed by atoms with E-state index >= 15 is 0 Å². The number of carboxylic acid groups (broad SMARTS) is 1. The summed E-state index contributed by atoms with van der Waals surface area (Å²) >= 11 is 9.52. The van der Waals surface area contributed by atoms with Crippen LogP contribution < -0.4 is 26.5 Å². The summed E-state index contributed by atoms with van der Waals surface area (Å²) in [6.07, 6.45) is -5.19. The van der Waals surface area contributed by atoms with Crippen molar-refractivity contribution in [3.63, 3.8) is 0 Å². The topological polar surface area (TPSA) is 195 Å². The number of amides is 2. The SMILES string of the molecule is CCn1c(CNC(=O)c2nc(Cl)c(N)nc2N)[n+](CC)c2c(C(=O)N(CCOC)CCOC)cc(Br)cc21.O=C([O-])C(F)(F)F. The van der Waals surface area contributed by atoms with E-state index in [9.17, 15) is 22.8 Å². The Labute approximate surface area is 269 Å². The van der Waals surface area contributed by atoms with Crippen LogP contribution in [0.5, 0.6) is 0 Å². The molecular weight excluding hydrogens is 693 g/mol. The van der Waals surface area contributed by atoms with Gasteiger partial charge in [-0.3, -0.25) is 9.59 Å². The molecule has 19 heteroatoms. The Kier molecular flexibility index (Phi) is 13.8. The van der Waals surface area contributed by atoms with Crippen molar-refractivity contribution in [2.24, 2.45) is 0 Å². The van der Waals surface area contributed by atoms with Crippen LogP contribution >= 0.6 is 27.5 Å². The summed E-state index contributed by atoms with van der Waals surface area (Å²) in [4.78, 5) is 45.1. The standard InChI is InChI=1S/C24H32BrClN8O4.C2HF3O2/c1-5-33-16-12-14(25)11-15(24(36)32(7-9-37-3)8-10-38-4)19(16)34(6-2)17(33)13-29-23(35)18-21(27)31-22(28)20(26)30-18;3-2(4,5)1(6)7/h11-12H,5-10,13H2,1-4H3,(H4-,27,28,29,31,35);(H,6,7). The molecule has 14 nitrogen and oxygen atoms in total. The van der Waals surface area contributed by atoms with Gasteiger partial charge in [-0.15, -0.1) is 0 Å². The molecule has 5 N–H and O–H groups in total. The Morgan fingerprint density at radius 1 is 1.11 bits per heavy atom. The number of halogens is 5. The molecule has 0 fully saturated rings. The number of carboxylic acids is 1. The number of nitrogens with one attached hydrogen (secondary N) is 1. The maximum absolute atomic E-state index is 13.8. The number of rotatable bonds is 12. The Balaban J connectivity index is 0.000000900. The molecule has 2 amide bonds. The number of fused-ring (bicyclic) bond motifs is 1. The first-order chi connectivity index (χ1) is 21.1. The van der Waals surface area contributed by atoms with Crippen LogP contribution in [0.25, 0.3) is 11.0 Å². The van der Waals surface area contributed by atoms with Gasteiger partial charge in [0.15, 0.2) is 33.5 Å². The molecule has 0 aliphatic heterocycles. The Hall–Kier alpha value is -3.74. The number of aryl methyl sites for hydroxylation is 2. The van der Waals surface area contributed by atoms with Gasteiger partial charge in [0.05, 0.1) is 31.9 Å². The Bertz CT molecular complexity index is 1530. The van der Waals surface area contributed by atoms with E-state index in [2.05, 4.69) is 35.8 Å². The van der Waals surface area contributed by atoms with E-state index in [4.69, 9.17) is 42.4 Å². The molecular formula is C26H33BrClF3N8O6. The number of hydrogen-bond acceptors (Lipinski definition) is 10. The van der Waals surface area contributed by atoms with Crippen molar-refractivity contribution in [1.29, 1.82) is 0 Å². The Morgan fingerprint density at radius 2 is 1.69 bits per heavy atom. The number of carbonyl (C=O) groups excluding carboxylic acids is 3. The molecule has 0 aliphatic carbocycles. The van der Waals surface area contributed by atoms with Crippen LogP contribution in [-0.2, 0) is 33.9 Å². The summed E-state index contributed by atoms with van der Waals surface area (Å²) in [7, 11) is 3.20. The average Bonchev–Trinajstić information content (AvgIpc) is 3.28. The number of nitrogens with zero attached hydrogens (tertiary/aromatic N) is 5. The van der Waals surface area contributed by atoms with Crippen molar-refractivity contribution in [2.75, 3.05) is 52.0 Å². The number of hydrogen-bond donors (Lipinski definition) is 3. The number of nitrogen functional groups attached to an aromatic ring is 2. The highest BCUT2D eigenvalue weighted by Gasteiger charge is 2.31. The predicted molar refractivity (Wildman–Crippen MR) is 159 cm³/mol. The van der Waals surface area contributed by atoms with Crippen molar-refractivity contribution in [2.45, 2.75) is 39.7 Å². The lowest BCUT2D eigenvalue weighted by Crippen LogP contribution is -2.42. The number of carbonyl (C=O) groups is 3. The lowest BCUT2D eigenvalue weighted by Gasteiger charge is -2.22. The molecule has 0 atom stereocenters. The molecule has 45 heavy (non-hydrogen) atoms. The zero-order chi connectivity index (χ0) is 34.1. The van der Waals surface area contributed by atoms with Gasteiger partial charge in [0.25, 0.3) is 17.6 Å². The molecule has 248 valence electrons. The van der Waals surface area contributed by atoms with E-state index in [0.717, 1.165) is 21.3 Å². The number of methoxy groups -OCH3 is 2. The summed E-state index contributed by atoms with van der Waals surface area (Å²) in [6, 6.07) is 3.78. The van der Waals surface area contributed by atoms with Gasteiger partial charge < -0.3 is 41.1 Å². The number of alkyl halides is 3. The van der Waals surface area contributed by atoms with Gasteiger partial charge in [-0.2, -0.15) is 13.2 Å². The van der Waals surface area contributed by atoms with Crippen molar-refractivity contribution < 1.29 is 46.7 Å². The first kappa shape index (κ1) is 37.4. The predicted octanol–water partition coefficient (Wildman–Crippen LogP) is 1.30. The zero-order valence-electron chi connectivity index (χ0n) is 24.8. The second-order valence-corrected chi connectivity index (χ2v) is 10.4. The second-order valence-electron chi connectivity index (χ2n) is 9.11. The van der Waals surface area contributed by atoms with Gasteiger partial charge in [0.2, 0.25) is 0 Å². The number of benzene rings is 1. The van der Waals surface area contributed by atoms with Crippen LogP contribution in [-0.4, -0.2) is 83.9 Å². The molecule has 0 radical (unpaired) electrons. The molecule has 3 rings (SSSR count). The van der Waals surface area contributed by atoms with E-state index in [-0.39, 0.29) is 34.9 Å². The first-order valence-electron chi connectivity index (χ1n) is 13.3. The van der Waals surface area contributed by atoms with Gasteiger partial charge >= 0.3 is 6.18 Å². The van der Waals surface area contributed by atoms with Gasteiger partial charge in [0.1, 0.15) is 12.5 Å². The number of aliphatic carboxylic acids is 1. The molecule has 2 aromatic heterocycles. The van der Waals surface area contributed by atoms with Crippen molar-refractivity contribution in [1.82, 2.24) is 24.8 Å². The van der Waals surface area contributed by atoms with Crippen LogP contribution in [0.3, 0.4) is 0 Å². The summed E-state index contributed by atoms with van der Waals surface area (Å²) in [5.74, 6) is -3.08. The van der Waals surface area contributed by atoms with Crippen molar-refractivity contribution in [3.05, 3.63) is 38.8 Å². The van der Waals surface area contributed by atoms with Crippen molar-refractivity contribution in [3.8, 4) is 0 Å². The molecule has 0 saturated carbocycles.